The Bertz CT molecular complexity index is 435. The number of aliphatic carboxylic acids is 1. The summed E-state index contributed by atoms with van der Waals surface area (Å²) in [5, 5.41) is 11.7. The van der Waals surface area contributed by atoms with Crippen LogP contribution in [-0.2, 0) is 16.1 Å². The highest BCUT2D eigenvalue weighted by Crippen LogP contribution is 2.09. The number of carboxylic acids is 1. The first-order chi connectivity index (χ1) is 8.65. The molecule has 2 heterocycles. The molecule has 1 aromatic heterocycles. The van der Waals surface area contributed by atoms with Gasteiger partial charge in [0.25, 0.3) is 0 Å². The number of hydrogen-bond donors (Lipinski definition) is 2. The van der Waals surface area contributed by atoms with Gasteiger partial charge in [0.15, 0.2) is 0 Å². The van der Waals surface area contributed by atoms with Gasteiger partial charge in [-0.25, -0.2) is 0 Å². The molecular formula is C12H15N3O3. The summed E-state index contributed by atoms with van der Waals surface area (Å²) in [6.45, 7) is 1.35. The second-order valence-corrected chi connectivity index (χ2v) is 4.36. The fourth-order valence-electron chi connectivity index (χ4n) is 1.97. The van der Waals surface area contributed by atoms with Crippen molar-refractivity contribution in [2.45, 2.75) is 6.54 Å². The predicted molar refractivity (Wildman–Crippen MR) is 63.6 cm³/mol. The molecule has 1 atom stereocenters. The van der Waals surface area contributed by atoms with E-state index in [4.69, 9.17) is 5.11 Å². The summed E-state index contributed by atoms with van der Waals surface area (Å²) in [4.78, 5) is 28.3. The Morgan fingerprint density at radius 1 is 1.50 bits per heavy atom. The average Bonchev–Trinajstić information content (AvgIpc) is 2.52. The standard InChI is InChI=1S/C12H15N3O3/c16-11-8-15(6-9-1-3-13-4-2-9)7-10(5-14-11)12(17)18/h1-4,10H,5-8H2,(H,14,16)(H,17,18). The molecule has 96 valence electrons. The number of amides is 1. The van der Waals surface area contributed by atoms with E-state index in [0.717, 1.165) is 5.56 Å². The summed E-state index contributed by atoms with van der Waals surface area (Å²) in [6.07, 6.45) is 3.36. The maximum atomic E-state index is 11.5. The molecule has 0 radical (unpaired) electrons. The monoisotopic (exact) mass is 249 g/mol. The lowest BCUT2D eigenvalue weighted by Gasteiger charge is -2.20. The van der Waals surface area contributed by atoms with E-state index < -0.39 is 11.9 Å². The molecular weight excluding hydrogens is 234 g/mol. The Hall–Kier alpha value is -1.95. The third-order valence-corrected chi connectivity index (χ3v) is 2.90. The van der Waals surface area contributed by atoms with Crippen LogP contribution in [-0.4, -0.2) is 46.5 Å². The van der Waals surface area contributed by atoms with Crippen LogP contribution in [0.2, 0.25) is 0 Å². The van der Waals surface area contributed by atoms with Gasteiger partial charge in [-0.15, -0.1) is 0 Å². The summed E-state index contributed by atoms with van der Waals surface area (Å²) >= 11 is 0. The van der Waals surface area contributed by atoms with E-state index >= 15 is 0 Å². The van der Waals surface area contributed by atoms with Crippen LogP contribution in [0.15, 0.2) is 24.5 Å². The van der Waals surface area contributed by atoms with Crippen molar-refractivity contribution < 1.29 is 14.7 Å². The van der Waals surface area contributed by atoms with Crippen molar-refractivity contribution in [3.63, 3.8) is 0 Å². The lowest BCUT2D eigenvalue weighted by atomic mass is 10.1. The van der Waals surface area contributed by atoms with Crippen molar-refractivity contribution in [1.29, 1.82) is 0 Å². The highest BCUT2D eigenvalue weighted by molar-refractivity contribution is 5.80. The number of nitrogens with zero attached hydrogens (tertiary/aromatic N) is 2. The lowest BCUT2D eigenvalue weighted by molar-refractivity contribution is -0.142. The van der Waals surface area contributed by atoms with Crippen LogP contribution in [0, 0.1) is 5.92 Å². The molecule has 0 saturated carbocycles. The number of carboxylic acid groups (broad SMARTS) is 1. The average molecular weight is 249 g/mol. The smallest absolute Gasteiger partial charge is 0.309 e. The van der Waals surface area contributed by atoms with Crippen LogP contribution in [0.4, 0.5) is 0 Å². The van der Waals surface area contributed by atoms with Gasteiger partial charge in [-0.3, -0.25) is 19.5 Å². The minimum atomic E-state index is -0.878. The fourth-order valence-corrected chi connectivity index (χ4v) is 1.97. The third kappa shape index (κ3) is 3.27. The quantitative estimate of drug-likeness (QED) is 0.769. The van der Waals surface area contributed by atoms with Crippen molar-refractivity contribution in [2.24, 2.45) is 5.92 Å². The van der Waals surface area contributed by atoms with Crippen molar-refractivity contribution in [3.05, 3.63) is 30.1 Å². The van der Waals surface area contributed by atoms with Crippen LogP contribution in [0.1, 0.15) is 5.56 Å². The first kappa shape index (κ1) is 12.5. The highest BCUT2D eigenvalue weighted by Gasteiger charge is 2.26. The van der Waals surface area contributed by atoms with Gasteiger partial charge in [-0.2, -0.15) is 0 Å². The lowest BCUT2D eigenvalue weighted by Crippen LogP contribution is -2.33. The van der Waals surface area contributed by atoms with Crippen molar-refractivity contribution >= 4 is 11.9 Å². The third-order valence-electron chi connectivity index (χ3n) is 2.90. The number of nitrogens with one attached hydrogen (secondary N) is 1. The molecule has 1 unspecified atom stereocenters. The second kappa shape index (κ2) is 5.59. The van der Waals surface area contributed by atoms with E-state index in [1.807, 2.05) is 17.0 Å². The van der Waals surface area contributed by atoms with Gasteiger partial charge in [0.05, 0.1) is 12.5 Å². The molecule has 1 saturated heterocycles. The maximum Gasteiger partial charge on any atom is 0.309 e. The van der Waals surface area contributed by atoms with Crippen molar-refractivity contribution in [2.75, 3.05) is 19.6 Å². The molecule has 0 spiro atoms. The number of aromatic nitrogens is 1. The Balaban J connectivity index is 2.05. The van der Waals surface area contributed by atoms with Gasteiger partial charge in [0.1, 0.15) is 0 Å². The fraction of sp³-hybridized carbons (Fsp3) is 0.417. The molecule has 18 heavy (non-hydrogen) atoms. The minimum absolute atomic E-state index is 0.132. The Kier molecular flexibility index (Phi) is 3.88. The molecule has 1 fully saturated rings. The SMILES string of the molecule is O=C1CN(Cc2ccncc2)CC(C(=O)O)CN1. The predicted octanol–water partition coefficient (Wildman–Crippen LogP) is -0.286. The molecule has 6 heteroatoms. The molecule has 1 aliphatic heterocycles. The van der Waals surface area contributed by atoms with Crippen LogP contribution in [0.25, 0.3) is 0 Å². The molecule has 1 amide bonds. The minimum Gasteiger partial charge on any atom is -0.481 e. The summed E-state index contributed by atoms with van der Waals surface area (Å²) in [5.41, 5.74) is 1.02. The van der Waals surface area contributed by atoms with E-state index in [1.165, 1.54) is 0 Å². The summed E-state index contributed by atoms with van der Waals surface area (Å²) in [6, 6.07) is 3.72. The molecule has 0 aromatic carbocycles. The van der Waals surface area contributed by atoms with E-state index in [-0.39, 0.29) is 19.0 Å². The van der Waals surface area contributed by atoms with Crippen molar-refractivity contribution in [1.82, 2.24) is 15.2 Å². The molecule has 0 bridgehead atoms. The van der Waals surface area contributed by atoms with E-state index in [2.05, 4.69) is 10.3 Å². The zero-order valence-corrected chi connectivity index (χ0v) is 9.87. The number of rotatable bonds is 3. The van der Waals surface area contributed by atoms with Crippen molar-refractivity contribution in [3.8, 4) is 0 Å². The van der Waals surface area contributed by atoms with Gasteiger partial charge in [-0.05, 0) is 17.7 Å². The van der Waals surface area contributed by atoms with E-state index in [0.29, 0.717) is 13.1 Å². The molecule has 2 N–H and O–H groups in total. The first-order valence-electron chi connectivity index (χ1n) is 5.76. The van der Waals surface area contributed by atoms with Gasteiger partial charge < -0.3 is 10.4 Å². The van der Waals surface area contributed by atoms with Gasteiger partial charge in [0.2, 0.25) is 5.91 Å². The summed E-state index contributed by atoms with van der Waals surface area (Å²) < 4.78 is 0. The second-order valence-electron chi connectivity index (χ2n) is 4.36. The number of carbonyl (C=O) groups excluding carboxylic acids is 1. The number of pyridine rings is 1. The van der Waals surface area contributed by atoms with Gasteiger partial charge in [0, 0.05) is 32.0 Å². The Morgan fingerprint density at radius 2 is 2.22 bits per heavy atom. The number of carbonyl (C=O) groups is 2. The van der Waals surface area contributed by atoms with Crippen LogP contribution < -0.4 is 5.32 Å². The zero-order valence-electron chi connectivity index (χ0n) is 9.87. The molecule has 6 nitrogen and oxygen atoms in total. The zero-order chi connectivity index (χ0) is 13.0. The van der Waals surface area contributed by atoms with E-state index in [1.54, 1.807) is 12.4 Å². The van der Waals surface area contributed by atoms with Crippen LogP contribution >= 0.6 is 0 Å². The molecule has 1 aliphatic rings. The Labute approximate surface area is 105 Å². The highest BCUT2D eigenvalue weighted by atomic mass is 16.4. The summed E-state index contributed by atoms with van der Waals surface area (Å²) in [5.74, 6) is -1.57. The normalized spacial score (nSPS) is 21.1. The van der Waals surface area contributed by atoms with E-state index in [9.17, 15) is 9.59 Å². The molecule has 0 aliphatic carbocycles. The molecule has 1 aromatic rings. The maximum absolute atomic E-state index is 11.5. The van der Waals surface area contributed by atoms with Crippen LogP contribution in [0.3, 0.4) is 0 Å². The first-order valence-corrected chi connectivity index (χ1v) is 5.76. The molecule has 2 rings (SSSR count). The van der Waals surface area contributed by atoms with Gasteiger partial charge >= 0.3 is 5.97 Å². The van der Waals surface area contributed by atoms with Crippen LogP contribution in [0.5, 0.6) is 0 Å². The number of hydrogen-bond acceptors (Lipinski definition) is 4. The topological polar surface area (TPSA) is 82.5 Å². The van der Waals surface area contributed by atoms with Gasteiger partial charge in [-0.1, -0.05) is 0 Å². The Morgan fingerprint density at radius 3 is 2.89 bits per heavy atom. The largest absolute Gasteiger partial charge is 0.481 e. The summed E-state index contributed by atoms with van der Waals surface area (Å²) in [7, 11) is 0.